The summed E-state index contributed by atoms with van der Waals surface area (Å²) in [7, 11) is 0. The first-order chi connectivity index (χ1) is 8.20. The maximum absolute atomic E-state index is 11.1. The molecule has 0 bridgehead atoms. The molecule has 1 atom stereocenters. The third-order valence-corrected chi connectivity index (χ3v) is 2.77. The smallest absolute Gasteiger partial charge is 0.235 e. The molecule has 0 aliphatic heterocycles. The van der Waals surface area contributed by atoms with E-state index in [2.05, 4.69) is 5.43 Å². The van der Waals surface area contributed by atoms with Crippen LogP contribution in [0.5, 0.6) is 0 Å². The summed E-state index contributed by atoms with van der Waals surface area (Å²) in [5, 5.41) is 2.28. The Kier molecular flexibility index (Phi) is 3.37. The van der Waals surface area contributed by atoms with Crippen molar-refractivity contribution in [1.82, 2.24) is 5.43 Å². The number of hydrogen-bond donors (Lipinski definition) is 3. The van der Waals surface area contributed by atoms with Crippen LogP contribution in [0.1, 0.15) is 18.0 Å². The Morgan fingerprint density at radius 3 is 2.59 bits per heavy atom. The number of benzene rings is 2. The van der Waals surface area contributed by atoms with Gasteiger partial charge in [-0.1, -0.05) is 36.4 Å². The summed E-state index contributed by atoms with van der Waals surface area (Å²) in [5.41, 5.74) is 8.97. The van der Waals surface area contributed by atoms with Gasteiger partial charge in [-0.15, -0.1) is 0 Å². The molecule has 2 aromatic rings. The molecule has 4 nitrogen and oxygen atoms in total. The van der Waals surface area contributed by atoms with Gasteiger partial charge in [0.1, 0.15) is 0 Å². The molecule has 17 heavy (non-hydrogen) atoms. The number of carbonyl (C=O) groups is 1. The van der Waals surface area contributed by atoms with Gasteiger partial charge in [0.25, 0.3) is 0 Å². The molecule has 0 spiro atoms. The lowest BCUT2D eigenvalue weighted by Gasteiger charge is -2.11. The molecular formula is C13H15N3O. The summed E-state index contributed by atoms with van der Waals surface area (Å²) in [6.07, 6.45) is 0.189. The third-order valence-electron chi connectivity index (χ3n) is 2.77. The minimum atomic E-state index is -0.330. The monoisotopic (exact) mass is 229 g/mol. The summed E-state index contributed by atoms with van der Waals surface area (Å²) in [6, 6.07) is 13.6. The van der Waals surface area contributed by atoms with E-state index in [4.69, 9.17) is 11.6 Å². The van der Waals surface area contributed by atoms with Gasteiger partial charge in [-0.05, 0) is 22.4 Å². The number of carbonyl (C=O) groups excluding carboxylic acids is 1. The molecule has 0 aliphatic carbocycles. The van der Waals surface area contributed by atoms with Gasteiger partial charge in [0.05, 0.1) is 0 Å². The molecule has 1 amide bonds. The van der Waals surface area contributed by atoms with Crippen molar-refractivity contribution in [3.8, 4) is 0 Å². The number of nitrogens with two attached hydrogens (primary N) is 2. The van der Waals surface area contributed by atoms with Gasteiger partial charge in [0, 0.05) is 12.5 Å². The van der Waals surface area contributed by atoms with Crippen LogP contribution in [0, 0.1) is 0 Å². The van der Waals surface area contributed by atoms with Crippen LogP contribution < -0.4 is 17.0 Å². The van der Waals surface area contributed by atoms with Crippen LogP contribution in [0.25, 0.3) is 10.8 Å². The largest absolute Gasteiger partial charge is 0.324 e. The van der Waals surface area contributed by atoms with Crippen molar-refractivity contribution in [3.05, 3.63) is 48.0 Å². The normalized spacial score (nSPS) is 12.4. The summed E-state index contributed by atoms with van der Waals surface area (Å²) in [6.45, 7) is 0. The molecule has 0 saturated heterocycles. The van der Waals surface area contributed by atoms with E-state index in [1.54, 1.807) is 0 Å². The fraction of sp³-hybridized carbons (Fsp3) is 0.154. The van der Waals surface area contributed by atoms with Crippen molar-refractivity contribution in [2.75, 3.05) is 0 Å². The Hall–Kier alpha value is -1.91. The molecular weight excluding hydrogens is 214 g/mol. The number of fused-ring (bicyclic) bond motifs is 1. The van der Waals surface area contributed by atoms with Gasteiger partial charge >= 0.3 is 0 Å². The van der Waals surface area contributed by atoms with Gasteiger partial charge in [-0.25, -0.2) is 5.84 Å². The van der Waals surface area contributed by atoms with Crippen molar-refractivity contribution in [2.24, 2.45) is 11.6 Å². The zero-order chi connectivity index (χ0) is 12.3. The SMILES string of the molecule is NNC(=O)CC(N)c1ccc2ccccc2c1. The molecule has 5 N–H and O–H groups in total. The summed E-state index contributed by atoms with van der Waals surface area (Å²) < 4.78 is 0. The predicted octanol–water partition coefficient (Wildman–Crippen LogP) is 1.22. The minimum Gasteiger partial charge on any atom is -0.324 e. The van der Waals surface area contributed by atoms with Gasteiger partial charge in [0.15, 0.2) is 0 Å². The average Bonchev–Trinajstić information content (AvgIpc) is 2.38. The molecule has 4 heteroatoms. The second-order valence-corrected chi connectivity index (χ2v) is 3.98. The maximum atomic E-state index is 11.1. The molecule has 2 rings (SSSR count). The molecule has 1 unspecified atom stereocenters. The lowest BCUT2D eigenvalue weighted by molar-refractivity contribution is -0.121. The van der Waals surface area contributed by atoms with E-state index in [1.807, 2.05) is 42.5 Å². The first-order valence-corrected chi connectivity index (χ1v) is 5.44. The number of hydrazine groups is 1. The number of amides is 1. The lowest BCUT2D eigenvalue weighted by atomic mass is 10.0. The van der Waals surface area contributed by atoms with Crippen LogP contribution in [0.3, 0.4) is 0 Å². The van der Waals surface area contributed by atoms with E-state index < -0.39 is 0 Å². The average molecular weight is 229 g/mol. The highest BCUT2D eigenvalue weighted by Crippen LogP contribution is 2.20. The Labute approximate surface area is 99.6 Å². The predicted molar refractivity (Wildman–Crippen MR) is 67.8 cm³/mol. The van der Waals surface area contributed by atoms with E-state index in [1.165, 1.54) is 0 Å². The zero-order valence-corrected chi connectivity index (χ0v) is 9.39. The molecule has 0 radical (unpaired) electrons. The van der Waals surface area contributed by atoms with Gasteiger partial charge in [-0.2, -0.15) is 0 Å². The van der Waals surface area contributed by atoms with Gasteiger partial charge in [0.2, 0.25) is 5.91 Å². The standard InChI is InChI=1S/C13H15N3O/c14-12(8-13(17)16-15)11-6-5-9-3-1-2-4-10(9)7-11/h1-7,12H,8,14-15H2,(H,16,17). The first kappa shape index (κ1) is 11.6. The van der Waals surface area contributed by atoms with Crippen molar-refractivity contribution in [3.63, 3.8) is 0 Å². The Morgan fingerprint density at radius 1 is 1.18 bits per heavy atom. The number of nitrogens with one attached hydrogen (secondary N) is 1. The van der Waals surface area contributed by atoms with E-state index in [0.29, 0.717) is 0 Å². The highest BCUT2D eigenvalue weighted by atomic mass is 16.2. The summed E-state index contributed by atoms with van der Waals surface area (Å²) in [5.74, 6) is 4.78. The van der Waals surface area contributed by atoms with E-state index >= 15 is 0 Å². The Balaban J connectivity index is 2.26. The van der Waals surface area contributed by atoms with Crippen molar-refractivity contribution < 1.29 is 4.79 Å². The van der Waals surface area contributed by atoms with Gasteiger partial charge in [-0.3, -0.25) is 10.2 Å². The lowest BCUT2D eigenvalue weighted by Crippen LogP contribution is -2.32. The molecule has 0 aromatic heterocycles. The quantitative estimate of drug-likeness (QED) is 0.420. The van der Waals surface area contributed by atoms with E-state index in [0.717, 1.165) is 16.3 Å². The fourth-order valence-electron chi connectivity index (χ4n) is 1.81. The van der Waals surface area contributed by atoms with Gasteiger partial charge < -0.3 is 5.73 Å². The molecule has 2 aromatic carbocycles. The third kappa shape index (κ3) is 2.61. The molecule has 88 valence electrons. The summed E-state index contributed by atoms with van der Waals surface area (Å²) >= 11 is 0. The highest BCUT2D eigenvalue weighted by Gasteiger charge is 2.10. The minimum absolute atomic E-state index is 0.189. The highest BCUT2D eigenvalue weighted by molar-refractivity contribution is 5.83. The fourth-order valence-corrected chi connectivity index (χ4v) is 1.81. The van der Waals surface area contributed by atoms with E-state index in [-0.39, 0.29) is 18.4 Å². The molecule has 0 fully saturated rings. The van der Waals surface area contributed by atoms with Crippen molar-refractivity contribution in [1.29, 1.82) is 0 Å². The van der Waals surface area contributed by atoms with Crippen LogP contribution in [0.15, 0.2) is 42.5 Å². The maximum Gasteiger partial charge on any atom is 0.235 e. The number of rotatable bonds is 3. The van der Waals surface area contributed by atoms with Crippen LogP contribution in [0.4, 0.5) is 0 Å². The molecule has 0 aliphatic rings. The second kappa shape index (κ2) is 4.95. The Bertz CT molecular complexity index is 539. The zero-order valence-electron chi connectivity index (χ0n) is 9.39. The molecule has 0 saturated carbocycles. The first-order valence-electron chi connectivity index (χ1n) is 5.44. The Morgan fingerprint density at radius 2 is 1.88 bits per heavy atom. The second-order valence-electron chi connectivity index (χ2n) is 3.98. The summed E-state index contributed by atoms with van der Waals surface area (Å²) in [4.78, 5) is 11.1. The topological polar surface area (TPSA) is 81.1 Å². The van der Waals surface area contributed by atoms with Crippen molar-refractivity contribution in [2.45, 2.75) is 12.5 Å². The molecule has 0 heterocycles. The van der Waals surface area contributed by atoms with Crippen LogP contribution in [0.2, 0.25) is 0 Å². The van der Waals surface area contributed by atoms with Crippen LogP contribution >= 0.6 is 0 Å². The number of hydrogen-bond acceptors (Lipinski definition) is 3. The van der Waals surface area contributed by atoms with Crippen LogP contribution in [-0.4, -0.2) is 5.91 Å². The van der Waals surface area contributed by atoms with E-state index in [9.17, 15) is 4.79 Å². The van der Waals surface area contributed by atoms with Crippen LogP contribution in [-0.2, 0) is 4.79 Å². The van der Waals surface area contributed by atoms with Crippen molar-refractivity contribution >= 4 is 16.7 Å².